The molecule has 0 saturated heterocycles. The van der Waals surface area contributed by atoms with E-state index in [4.69, 9.17) is 9.47 Å². The average molecular weight is 438 g/mol. The van der Waals surface area contributed by atoms with E-state index in [0.29, 0.717) is 22.7 Å². The average Bonchev–Trinajstić information content (AvgIpc) is 3.13. The third kappa shape index (κ3) is 3.88. The SMILES string of the molecule is COc1cccc([C@H]2CC(=O)Nc3c2sc(C(=O)O)c3-c2ccccc2)c1OC(C)C. The number of amides is 1. The number of carbonyl (C=O) groups excluding carboxylic acids is 1. The highest BCUT2D eigenvalue weighted by Crippen LogP contribution is 2.51. The standard InChI is InChI=1S/C24H23NO5S/c1-13(2)30-21-15(10-7-11-17(21)29-3)16-12-18(26)25-20-19(14-8-5-4-6-9-14)23(24(27)28)31-22(16)20/h4-11,13,16H,12H2,1-3H3,(H,25,26)(H,27,28)/t16-/m1/s1. The third-order valence-electron chi connectivity index (χ3n) is 5.12. The number of methoxy groups -OCH3 is 1. The van der Waals surface area contributed by atoms with Gasteiger partial charge in [0.25, 0.3) is 0 Å². The minimum atomic E-state index is -1.02. The Hall–Kier alpha value is -3.32. The molecular weight excluding hydrogens is 414 g/mol. The Balaban J connectivity index is 1.94. The van der Waals surface area contributed by atoms with Gasteiger partial charge in [0.05, 0.1) is 18.9 Å². The van der Waals surface area contributed by atoms with Crippen molar-refractivity contribution in [3.05, 3.63) is 63.8 Å². The van der Waals surface area contributed by atoms with Crippen LogP contribution in [-0.4, -0.2) is 30.2 Å². The van der Waals surface area contributed by atoms with Crippen molar-refractivity contribution in [2.75, 3.05) is 12.4 Å². The van der Waals surface area contributed by atoms with Crippen molar-refractivity contribution in [3.8, 4) is 22.6 Å². The Morgan fingerprint density at radius 2 is 1.90 bits per heavy atom. The molecule has 0 bridgehead atoms. The van der Waals surface area contributed by atoms with Crippen LogP contribution in [0.25, 0.3) is 11.1 Å². The first-order valence-electron chi connectivity index (χ1n) is 9.99. The molecule has 0 fully saturated rings. The van der Waals surface area contributed by atoms with Gasteiger partial charge in [-0.3, -0.25) is 4.79 Å². The fourth-order valence-electron chi connectivity index (χ4n) is 3.90. The molecule has 2 heterocycles. The number of hydrogen-bond donors (Lipinski definition) is 2. The Labute approximate surface area is 184 Å². The van der Waals surface area contributed by atoms with Crippen LogP contribution in [0.2, 0.25) is 0 Å². The van der Waals surface area contributed by atoms with Crippen LogP contribution in [0.5, 0.6) is 11.5 Å². The van der Waals surface area contributed by atoms with Gasteiger partial charge in [-0.1, -0.05) is 42.5 Å². The lowest BCUT2D eigenvalue weighted by Crippen LogP contribution is -2.23. The molecule has 1 amide bonds. The van der Waals surface area contributed by atoms with E-state index < -0.39 is 5.97 Å². The topological polar surface area (TPSA) is 84.9 Å². The zero-order valence-corrected chi connectivity index (χ0v) is 18.3. The predicted molar refractivity (Wildman–Crippen MR) is 121 cm³/mol. The molecule has 0 aliphatic carbocycles. The minimum Gasteiger partial charge on any atom is -0.493 e. The number of nitrogens with one attached hydrogen (secondary N) is 1. The van der Waals surface area contributed by atoms with Gasteiger partial charge in [0.1, 0.15) is 4.88 Å². The summed E-state index contributed by atoms with van der Waals surface area (Å²) in [5.41, 5.74) is 2.66. The molecule has 31 heavy (non-hydrogen) atoms. The van der Waals surface area contributed by atoms with Gasteiger partial charge >= 0.3 is 5.97 Å². The number of benzene rings is 2. The van der Waals surface area contributed by atoms with E-state index in [1.807, 2.05) is 62.4 Å². The summed E-state index contributed by atoms with van der Waals surface area (Å²) in [6.07, 6.45) is 0.104. The summed E-state index contributed by atoms with van der Waals surface area (Å²) >= 11 is 1.20. The highest BCUT2D eigenvalue weighted by Gasteiger charge is 2.36. The number of anilines is 1. The molecule has 0 saturated carbocycles. The predicted octanol–water partition coefficient (Wildman–Crippen LogP) is 5.38. The normalized spacial score (nSPS) is 15.4. The maximum Gasteiger partial charge on any atom is 0.346 e. The summed E-state index contributed by atoms with van der Waals surface area (Å²) in [6.45, 7) is 3.85. The highest BCUT2D eigenvalue weighted by atomic mass is 32.1. The molecule has 0 unspecified atom stereocenters. The quantitative estimate of drug-likeness (QED) is 0.541. The van der Waals surface area contributed by atoms with Crippen LogP contribution in [-0.2, 0) is 4.79 Å². The van der Waals surface area contributed by atoms with Crippen LogP contribution in [0.3, 0.4) is 0 Å². The maximum absolute atomic E-state index is 12.7. The fourth-order valence-corrected chi connectivity index (χ4v) is 5.14. The van der Waals surface area contributed by atoms with Crippen LogP contribution in [0, 0.1) is 0 Å². The molecule has 4 rings (SSSR count). The van der Waals surface area contributed by atoms with Gasteiger partial charge in [-0.2, -0.15) is 0 Å². The van der Waals surface area contributed by atoms with E-state index in [1.54, 1.807) is 7.11 Å². The first-order valence-corrected chi connectivity index (χ1v) is 10.8. The summed E-state index contributed by atoms with van der Waals surface area (Å²) in [4.78, 5) is 25.8. The Bertz CT molecular complexity index is 1140. The van der Waals surface area contributed by atoms with Gasteiger partial charge in [-0.05, 0) is 25.5 Å². The van der Waals surface area contributed by atoms with Gasteiger partial charge in [0, 0.05) is 28.3 Å². The summed E-state index contributed by atoms with van der Waals surface area (Å²) in [5.74, 6) is -0.360. The lowest BCUT2D eigenvalue weighted by molar-refractivity contribution is -0.116. The van der Waals surface area contributed by atoms with Crippen molar-refractivity contribution < 1.29 is 24.2 Å². The van der Waals surface area contributed by atoms with E-state index in [-0.39, 0.29) is 29.2 Å². The van der Waals surface area contributed by atoms with E-state index in [9.17, 15) is 14.7 Å². The Morgan fingerprint density at radius 3 is 2.55 bits per heavy atom. The van der Waals surface area contributed by atoms with Crippen molar-refractivity contribution in [2.24, 2.45) is 0 Å². The maximum atomic E-state index is 12.7. The lowest BCUT2D eigenvalue weighted by atomic mass is 9.88. The Morgan fingerprint density at radius 1 is 1.16 bits per heavy atom. The second-order valence-corrected chi connectivity index (χ2v) is 8.62. The molecular formula is C24H23NO5S. The molecule has 3 aromatic rings. The van der Waals surface area contributed by atoms with Gasteiger partial charge in [-0.25, -0.2) is 4.79 Å². The summed E-state index contributed by atoms with van der Waals surface area (Å²) in [5, 5.41) is 12.8. The van der Waals surface area contributed by atoms with Gasteiger partial charge in [0.2, 0.25) is 5.91 Å². The number of para-hydroxylation sites is 1. The van der Waals surface area contributed by atoms with Gasteiger partial charge in [-0.15, -0.1) is 11.3 Å². The molecule has 160 valence electrons. The number of carbonyl (C=O) groups is 2. The summed E-state index contributed by atoms with van der Waals surface area (Å²) in [7, 11) is 1.58. The van der Waals surface area contributed by atoms with Gasteiger partial charge < -0.3 is 19.9 Å². The van der Waals surface area contributed by atoms with E-state index in [0.717, 1.165) is 16.0 Å². The van der Waals surface area contributed by atoms with Crippen LogP contribution in [0.15, 0.2) is 48.5 Å². The van der Waals surface area contributed by atoms with Gasteiger partial charge in [0.15, 0.2) is 11.5 Å². The first-order chi connectivity index (χ1) is 14.9. The van der Waals surface area contributed by atoms with Crippen molar-refractivity contribution in [1.29, 1.82) is 0 Å². The van der Waals surface area contributed by atoms with Crippen LogP contribution in [0.1, 0.15) is 46.3 Å². The number of ether oxygens (including phenoxy) is 2. The minimum absolute atomic E-state index is 0.0928. The number of fused-ring (bicyclic) bond motifs is 1. The highest BCUT2D eigenvalue weighted by molar-refractivity contribution is 7.15. The molecule has 1 aromatic heterocycles. The number of carboxylic acids is 1. The molecule has 7 heteroatoms. The lowest BCUT2D eigenvalue weighted by Gasteiger charge is -2.27. The largest absolute Gasteiger partial charge is 0.493 e. The molecule has 6 nitrogen and oxygen atoms in total. The molecule has 2 aromatic carbocycles. The molecule has 1 atom stereocenters. The van der Waals surface area contributed by atoms with Crippen molar-refractivity contribution in [3.63, 3.8) is 0 Å². The summed E-state index contributed by atoms with van der Waals surface area (Å²) < 4.78 is 11.6. The third-order valence-corrected chi connectivity index (χ3v) is 6.41. The second-order valence-electron chi connectivity index (χ2n) is 7.57. The molecule has 2 N–H and O–H groups in total. The Kier molecular flexibility index (Phi) is 5.69. The number of rotatable bonds is 6. The fraction of sp³-hybridized carbons (Fsp3) is 0.250. The number of aromatic carboxylic acids is 1. The molecule has 0 radical (unpaired) electrons. The van der Waals surface area contributed by atoms with E-state index >= 15 is 0 Å². The monoisotopic (exact) mass is 437 g/mol. The second kappa shape index (κ2) is 8.43. The zero-order valence-electron chi connectivity index (χ0n) is 17.5. The summed E-state index contributed by atoms with van der Waals surface area (Å²) in [6, 6.07) is 14.9. The van der Waals surface area contributed by atoms with Crippen LogP contribution in [0.4, 0.5) is 5.69 Å². The van der Waals surface area contributed by atoms with Crippen LogP contribution < -0.4 is 14.8 Å². The number of hydrogen-bond acceptors (Lipinski definition) is 5. The number of carboxylic acid groups (broad SMARTS) is 1. The van der Waals surface area contributed by atoms with Crippen LogP contribution >= 0.6 is 11.3 Å². The zero-order chi connectivity index (χ0) is 22.1. The van der Waals surface area contributed by atoms with Crippen molar-refractivity contribution >= 4 is 28.9 Å². The van der Waals surface area contributed by atoms with E-state index in [1.165, 1.54) is 11.3 Å². The number of thiophene rings is 1. The molecule has 1 aliphatic rings. The van der Waals surface area contributed by atoms with Crippen molar-refractivity contribution in [2.45, 2.75) is 32.3 Å². The van der Waals surface area contributed by atoms with E-state index in [2.05, 4.69) is 5.32 Å². The first kappa shape index (κ1) is 20.9. The molecule has 0 spiro atoms. The molecule has 1 aliphatic heterocycles. The van der Waals surface area contributed by atoms with Crippen molar-refractivity contribution in [1.82, 2.24) is 0 Å². The smallest absolute Gasteiger partial charge is 0.346 e.